The van der Waals surface area contributed by atoms with E-state index in [1.54, 1.807) is 41.3 Å². The van der Waals surface area contributed by atoms with Crippen molar-refractivity contribution in [3.8, 4) is 0 Å². The van der Waals surface area contributed by atoms with Gasteiger partial charge in [-0.25, -0.2) is 5.53 Å². The van der Waals surface area contributed by atoms with Crippen molar-refractivity contribution in [2.24, 2.45) is 16.1 Å². The first-order valence-corrected chi connectivity index (χ1v) is 13.0. The summed E-state index contributed by atoms with van der Waals surface area (Å²) in [6, 6.07) is 22.2. The molecule has 4 rings (SSSR count). The van der Waals surface area contributed by atoms with Crippen LogP contribution in [0, 0.1) is 5.53 Å². The zero-order valence-electron chi connectivity index (χ0n) is 21.4. The molecule has 0 unspecified atom stereocenters. The van der Waals surface area contributed by atoms with Crippen LogP contribution in [0.5, 0.6) is 0 Å². The number of anilines is 2. The predicted octanol–water partition coefficient (Wildman–Crippen LogP) is 5.57. The molecule has 1 heterocycles. The Kier molecular flexibility index (Phi) is 9.42. The van der Waals surface area contributed by atoms with E-state index in [0.29, 0.717) is 10.6 Å². The van der Waals surface area contributed by atoms with Crippen LogP contribution < -0.4 is 21.0 Å². The third-order valence-electron chi connectivity index (χ3n) is 6.47. The lowest BCUT2D eigenvalue weighted by atomic mass is 10.1. The summed E-state index contributed by atoms with van der Waals surface area (Å²) in [6.45, 7) is 2.36. The van der Waals surface area contributed by atoms with Crippen LogP contribution in [0.15, 0.2) is 89.1 Å². The fourth-order valence-corrected chi connectivity index (χ4v) is 4.56. The number of nitrogens with zero attached hydrogens (tertiary/aromatic N) is 4. The topological polar surface area (TPSA) is 127 Å². The molecule has 1 fully saturated rings. The molecule has 3 aromatic rings. The molecule has 9 nitrogen and oxygen atoms in total. The number of amides is 2. The number of hydrogen-bond donors (Lipinski definition) is 3. The molecule has 0 spiro atoms. The summed E-state index contributed by atoms with van der Waals surface area (Å²) in [5.41, 5.74) is 10.8. The van der Waals surface area contributed by atoms with Gasteiger partial charge in [0.1, 0.15) is 0 Å². The SMILES string of the molecule is N=N/C(=N\N)NC(=O)c1ccc(CN(C(=O)/C=C/c2ccccc2Cl)c2ccc(N3CCCCC3)cc2)cc1. The first kappa shape index (κ1) is 27.5. The van der Waals surface area contributed by atoms with Gasteiger partial charge in [0, 0.05) is 41.1 Å². The van der Waals surface area contributed by atoms with E-state index in [1.165, 1.54) is 25.3 Å². The second kappa shape index (κ2) is 13.3. The molecule has 3 aromatic carbocycles. The van der Waals surface area contributed by atoms with E-state index in [2.05, 4.69) is 32.6 Å². The maximum Gasteiger partial charge on any atom is 0.265 e. The largest absolute Gasteiger partial charge is 0.372 e. The normalized spacial score (nSPS) is 13.8. The Balaban J connectivity index is 1.56. The average Bonchev–Trinajstić information content (AvgIpc) is 2.99. The molecule has 39 heavy (non-hydrogen) atoms. The van der Waals surface area contributed by atoms with Gasteiger partial charge in [-0.2, -0.15) is 0 Å². The molecule has 1 saturated heterocycles. The van der Waals surface area contributed by atoms with Crippen LogP contribution >= 0.6 is 11.6 Å². The van der Waals surface area contributed by atoms with E-state index in [0.717, 1.165) is 35.6 Å². The van der Waals surface area contributed by atoms with Crippen LogP contribution in [0.4, 0.5) is 11.4 Å². The van der Waals surface area contributed by atoms with Crippen LogP contribution in [-0.2, 0) is 11.3 Å². The summed E-state index contributed by atoms with van der Waals surface area (Å²) in [5, 5.41) is 9.19. The van der Waals surface area contributed by atoms with E-state index in [1.807, 2.05) is 30.3 Å². The standard InChI is InChI=1S/C29H30ClN7O2/c30-26-7-3-2-6-22(26)12-17-27(38)37(25-15-13-24(14-16-25)36-18-4-1-5-19-36)20-21-8-10-23(11-9-21)28(39)33-29(34-31)35-32/h2-3,6-17,31H,1,4-5,18-20,32H2,(H,33,35,39)/b17-12+,34-31?. The van der Waals surface area contributed by atoms with Crippen molar-refractivity contribution in [3.05, 3.63) is 101 Å². The molecule has 0 saturated carbocycles. The molecular formula is C29H30ClN7O2. The zero-order chi connectivity index (χ0) is 27.6. The van der Waals surface area contributed by atoms with Crippen molar-refractivity contribution in [1.82, 2.24) is 5.32 Å². The van der Waals surface area contributed by atoms with Gasteiger partial charge in [-0.3, -0.25) is 14.9 Å². The van der Waals surface area contributed by atoms with Gasteiger partial charge in [-0.1, -0.05) is 41.9 Å². The lowest BCUT2D eigenvalue weighted by molar-refractivity contribution is -0.114. The molecule has 0 aromatic heterocycles. The molecule has 0 atom stereocenters. The van der Waals surface area contributed by atoms with Gasteiger partial charge >= 0.3 is 0 Å². The number of halogens is 1. The minimum atomic E-state index is -0.495. The molecule has 1 aliphatic rings. The Morgan fingerprint density at radius 3 is 2.33 bits per heavy atom. The molecule has 200 valence electrons. The minimum Gasteiger partial charge on any atom is -0.372 e. The highest BCUT2D eigenvalue weighted by Crippen LogP contribution is 2.26. The Morgan fingerprint density at radius 2 is 1.69 bits per heavy atom. The van der Waals surface area contributed by atoms with Gasteiger partial charge in [0.2, 0.25) is 0 Å². The van der Waals surface area contributed by atoms with Crippen molar-refractivity contribution in [1.29, 1.82) is 5.53 Å². The van der Waals surface area contributed by atoms with Crippen molar-refractivity contribution < 1.29 is 9.59 Å². The molecular weight excluding hydrogens is 514 g/mol. The number of carbonyl (C=O) groups is 2. The quantitative estimate of drug-likeness (QED) is 0.0899. The summed E-state index contributed by atoms with van der Waals surface area (Å²) in [6.07, 6.45) is 6.86. The first-order chi connectivity index (χ1) is 19.0. The monoisotopic (exact) mass is 543 g/mol. The number of nitrogens with one attached hydrogen (secondary N) is 2. The van der Waals surface area contributed by atoms with Gasteiger partial charge < -0.3 is 15.6 Å². The lowest BCUT2D eigenvalue weighted by Gasteiger charge is -2.29. The lowest BCUT2D eigenvalue weighted by Crippen LogP contribution is -2.30. The highest BCUT2D eigenvalue weighted by Gasteiger charge is 2.17. The number of nitrogens with two attached hydrogens (primary N) is 1. The molecule has 0 bridgehead atoms. The van der Waals surface area contributed by atoms with Crippen molar-refractivity contribution in [2.75, 3.05) is 22.9 Å². The van der Waals surface area contributed by atoms with Gasteiger partial charge in [-0.15, -0.1) is 10.2 Å². The summed E-state index contributed by atoms with van der Waals surface area (Å²) >= 11 is 6.27. The number of rotatable bonds is 7. The molecule has 10 heteroatoms. The Labute approximate surface area is 232 Å². The van der Waals surface area contributed by atoms with Crippen LogP contribution in [0.2, 0.25) is 5.02 Å². The second-order valence-electron chi connectivity index (χ2n) is 9.06. The number of piperidine rings is 1. The minimum absolute atomic E-state index is 0.205. The van der Waals surface area contributed by atoms with Crippen molar-refractivity contribution in [2.45, 2.75) is 25.8 Å². The van der Waals surface area contributed by atoms with Gasteiger partial charge in [0.15, 0.2) is 0 Å². The number of hydrazone groups is 1. The Bertz CT molecular complexity index is 1370. The maximum atomic E-state index is 13.5. The summed E-state index contributed by atoms with van der Waals surface area (Å²) < 4.78 is 0. The van der Waals surface area contributed by atoms with E-state index in [9.17, 15) is 9.59 Å². The molecule has 0 radical (unpaired) electrons. The second-order valence-corrected chi connectivity index (χ2v) is 9.47. The van der Waals surface area contributed by atoms with Gasteiger partial charge in [-0.05, 0) is 78.9 Å². The van der Waals surface area contributed by atoms with Crippen LogP contribution in [0.3, 0.4) is 0 Å². The highest BCUT2D eigenvalue weighted by atomic mass is 35.5. The van der Waals surface area contributed by atoms with Gasteiger partial charge in [0.05, 0.1) is 6.54 Å². The third kappa shape index (κ3) is 7.30. The number of benzene rings is 3. The first-order valence-electron chi connectivity index (χ1n) is 12.6. The summed E-state index contributed by atoms with van der Waals surface area (Å²) in [7, 11) is 0. The number of carbonyl (C=O) groups excluding carboxylic acids is 2. The fraction of sp³-hybridized carbons (Fsp3) is 0.207. The van der Waals surface area contributed by atoms with Crippen LogP contribution in [-0.4, -0.2) is 30.9 Å². The van der Waals surface area contributed by atoms with E-state index >= 15 is 0 Å². The summed E-state index contributed by atoms with van der Waals surface area (Å²) in [5.74, 6) is 4.11. The third-order valence-corrected chi connectivity index (χ3v) is 6.81. The van der Waals surface area contributed by atoms with Crippen LogP contribution in [0.25, 0.3) is 6.08 Å². The zero-order valence-corrected chi connectivity index (χ0v) is 22.1. The maximum absolute atomic E-state index is 13.5. The van der Waals surface area contributed by atoms with Crippen LogP contribution in [0.1, 0.15) is 40.7 Å². The molecule has 1 aliphatic heterocycles. The predicted molar refractivity (Wildman–Crippen MR) is 155 cm³/mol. The van der Waals surface area contributed by atoms with E-state index in [-0.39, 0.29) is 18.4 Å². The Morgan fingerprint density at radius 1 is 1.00 bits per heavy atom. The molecule has 4 N–H and O–H groups in total. The van der Waals surface area contributed by atoms with Crippen molar-refractivity contribution in [3.63, 3.8) is 0 Å². The average molecular weight is 544 g/mol. The molecule has 0 aliphatic carbocycles. The van der Waals surface area contributed by atoms with E-state index < -0.39 is 5.91 Å². The smallest absolute Gasteiger partial charge is 0.265 e. The highest BCUT2D eigenvalue weighted by molar-refractivity contribution is 6.32. The fourth-order valence-electron chi connectivity index (χ4n) is 4.36. The number of hydrogen-bond acceptors (Lipinski definition) is 6. The Hall–Kier alpha value is -4.50. The van der Waals surface area contributed by atoms with Gasteiger partial charge in [0.25, 0.3) is 17.8 Å². The molecule has 2 amide bonds. The number of guanidine groups is 1. The summed E-state index contributed by atoms with van der Waals surface area (Å²) in [4.78, 5) is 29.9. The van der Waals surface area contributed by atoms with E-state index in [4.69, 9.17) is 23.0 Å². The van der Waals surface area contributed by atoms with Crippen molar-refractivity contribution >= 4 is 46.8 Å².